The maximum Gasteiger partial charge on any atom is 0.303 e. The Morgan fingerprint density at radius 2 is 2.04 bits per heavy atom. The standard InChI is InChI=1S/C16H19F2NO3S/c17-13-6-5-12(9-14(13)18)23-10-15(20)19-8-2-1-3-11(19)4-7-16(21)22/h5-6,9,11H,1-4,7-8,10H2,(H,21,22). The molecule has 0 aromatic heterocycles. The van der Waals surface area contributed by atoms with Crippen LogP contribution in [0.15, 0.2) is 23.1 Å². The van der Waals surface area contributed by atoms with E-state index in [1.54, 1.807) is 4.90 Å². The third-order valence-electron chi connectivity index (χ3n) is 3.89. The highest BCUT2D eigenvalue weighted by Gasteiger charge is 2.26. The fourth-order valence-electron chi connectivity index (χ4n) is 2.71. The van der Waals surface area contributed by atoms with Gasteiger partial charge in [-0.1, -0.05) is 0 Å². The molecule has 1 aliphatic heterocycles. The number of nitrogens with zero attached hydrogens (tertiary/aromatic N) is 1. The average molecular weight is 343 g/mol. The molecule has 1 heterocycles. The van der Waals surface area contributed by atoms with E-state index in [2.05, 4.69) is 0 Å². The van der Waals surface area contributed by atoms with Crippen LogP contribution in [0.1, 0.15) is 32.1 Å². The molecule has 0 radical (unpaired) electrons. The summed E-state index contributed by atoms with van der Waals surface area (Å²) in [6.07, 6.45) is 3.21. The Balaban J connectivity index is 1.91. The first-order chi connectivity index (χ1) is 11.0. The molecule has 1 N–H and O–H groups in total. The van der Waals surface area contributed by atoms with E-state index in [4.69, 9.17) is 5.11 Å². The minimum absolute atomic E-state index is 0.0436. The van der Waals surface area contributed by atoms with Crippen molar-refractivity contribution in [1.82, 2.24) is 4.90 Å². The number of likely N-dealkylation sites (tertiary alicyclic amines) is 1. The van der Waals surface area contributed by atoms with Crippen molar-refractivity contribution < 1.29 is 23.5 Å². The number of carbonyl (C=O) groups excluding carboxylic acids is 1. The molecule has 4 nitrogen and oxygen atoms in total. The summed E-state index contributed by atoms with van der Waals surface area (Å²) < 4.78 is 26.0. The molecule has 0 bridgehead atoms. The van der Waals surface area contributed by atoms with Crippen LogP contribution in [0.25, 0.3) is 0 Å². The minimum atomic E-state index is -0.931. The smallest absolute Gasteiger partial charge is 0.303 e. The van der Waals surface area contributed by atoms with Gasteiger partial charge in [-0.05, 0) is 43.9 Å². The molecule has 7 heteroatoms. The molecule has 1 unspecified atom stereocenters. The normalized spacial score (nSPS) is 18.0. The number of carboxylic acid groups (broad SMARTS) is 1. The second kappa shape index (κ2) is 8.29. The van der Waals surface area contributed by atoms with Gasteiger partial charge in [0.05, 0.1) is 5.75 Å². The highest BCUT2D eigenvalue weighted by atomic mass is 32.2. The van der Waals surface area contributed by atoms with Gasteiger partial charge in [0.15, 0.2) is 11.6 Å². The van der Waals surface area contributed by atoms with Gasteiger partial charge in [-0.25, -0.2) is 8.78 Å². The topological polar surface area (TPSA) is 57.6 Å². The molecule has 0 spiro atoms. The van der Waals surface area contributed by atoms with E-state index in [9.17, 15) is 18.4 Å². The zero-order chi connectivity index (χ0) is 16.8. The number of carbonyl (C=O) groups is 2. The molecule has 1 aliphatic rings. The largest absolute Gasteiger partial charge is 0.481 e. The predicted molar refractivity (Wildman–Crippen MR) is 83.3 cm³/mol. The van der Waals surface area contributed by atoms with Crippen molar-refractivity contribution in [3.8, 4) is 0 Å². The maximum absolute atomic E-state index is 13.2. The number of hydrogen-bond acceptors (Lipinski definition) is 3. The van der Waals surface area contributed by atoms with E-state index >= 15 is 0 Å². The number of thioether (sulfide) groups is 1. The molecule has 23 heavy (non-hydrogen) atoms. The molecule has 1 saturated heterocycles. The van der Waals surface area contributed by atoms with Crippen LogP contribution in [0.5, 0.6) is 0 Å². The van der Waals surface area contributed by atoms with Crippen LogP contribution in [-0.4, -0.2) is 40.2 Å². The molecule has 1 atom stereocenters. The van der Waals surface area contributed by atoms with Crippen LogP contribution in [-0.2, 0) is 9.59 Å². The number of piperidine rings is 1. The van der Waals surface area contributed by atoms with Crippen molar-refractivity contribution in [2.75, 3.05) is 12.3 Å². The molecule has 0 aliphatic carbocycles. The summed E-state index contributed by atoms with van der Waals surface area (Å²) >= 11 is 1.16. The zero-order valence-electron chi connectivity index (χ0n) is 12.6. The number of carboxylic acids is 1. The van der Waals surface area contributed by atoms with Gasteiger partial charge in [-0.3, -0.25) is 9.59 Å². The number of aliphatic carboxylic acids is 1. The second-order valence-electron chi connectivity index (χ2n) is 5.53. The van der Waals surface area contributed by atoms with Gasteiger partial charge in [-0.2, -0.15) is 0 Å². The lowest BCUT2D eigenvalue weighted by atomic mass is 9.98. The van der Waals surface area contributed by atoms with Crippen molar-refractivity contribution in [3.05, 3.63) is 29.8 Å². The van der Waals surface area contributed by atoms with Gasteiger partial charge in [0.1, 0.15) is 0 Å². The van der Waals surface area contributed by atoms with Crippen molar-refractivity contribution in [2.45, 2.75) is 43.0 Å². The Morgan fingerprint density at radius 1 is 1.26 bits per heavy atom. The SMILES string of the molecule is O=C(O)CCC1CCCCN1C(=O)CSc1ccc(F)c(F)c1. The lowest BCUT2D eigenvalue weighted by molar-refractivity contribution is -0.139. The summed E-state index contributed by atoms with van der Waals surface area (Å²) in [6, 6.07) is 3.51. The lowest BCUT2D eigenvalue weighted by Crippen LogP contribution is -2.44. The second-order valence-corrected chi connectivity index (χ2v) is 6.58. The Labute approximate surface area is 137 Å². The zero-order valence-corrected chi connectivity index (χ0v) is 13.5. The van der Waals surface area contributed by atoms with Gasteiger partial charge >= 0.3 is 5.97 Å². The Kier molecular flexibility index (Phi) is 6.38. The number of amides is 1. The fourth-order valence-corrected chi connectivity index (χ4v) is 3.52. The molecular weight excluding hydrogens is 324 g/mol. The molecule has 126 valence electrons. The summed E-state index contributed by atoms with van der Waals surface area (Å²) in [4.78, 5) is 25.3. The van der Waals surface area contributed by atoms with Gasteiger partial charge in [0, 0.05) is 23.9 Å². The predicted octanol–water partition coefficient (Wildman–Crippen LogP) is 3.30. The number of hydrogen-bond donors (Lipinski definition) is 1. The van der Waals surface area contributed by atoms with E-state index in [0.29, 0.717) is 17.9 Å². The molecule has 1 aromatic rings. The molecule has 1 aromatic carbocycles. The third kappa shape index (κ3) is 5.20. The monoisotopic (exact) mass is 343 g/mol. The van der Waals surface area contributed by atoms with E-state index in [0.717, 1.165) is 43.2 Å². The van der Waals surface area contributed by atoms with Crippen LogP contribution in [0, 0.1) is 11.6 Å². The van der Waals surface area contributed by atoms with Crippen LogP contribution >= 0.6 is 11.8 Å². The first kappa shape index (κ1) is 17.7. The first-order valence-corrected chi connectivity index (χ1v) is 8.55. The molecule has 2 rings (SSSR count). The summed E-state index contributed by atoms with van der Waals surface area (Å²) in [5.74, 6) is -2.66. The summed E-state index contributed by atoms with van der Waals surface area (Å²) in [7, 11) is 0. The van der Waals surface area contributed by atoms with E-state index in [1.807, 2.05) is 0 Å². The minimum Gasteiger partial charge on any atom is -0.481 e. The molecule has 0 saturated carbocycles. The fraction of sp³-hybridized carbons (Fsp3) is 0.500. The Bertz CT molecular complexity index is 582. The Hall–Kier alpha value is -1.63. The van der Waals surface area contributed by atoms with Crippen molar-refractivity contribution in [2.24, 2.45) is 0 Å². The lowest BCUT2D eigenvalue weighted by Gasteiger charge is -2.35. The molecule has 1 fully saturated rings. The summed E-state index contributed by atoms with van der Waals surface area (Å²) in [6.45, 7) is 0.626. The molecular formula is C16H19F2NO3S. The average Bonchev–Trinajstić information content (AvgIpc) is 2.54. The van der Waals surface area contributed by atoms with Gasteiger partial charge in [0.2, 0.25) is 5.91 Å². The summed E-state index contributed by atoms with van der Waals surface area (Å²) in [5.41, 5.74) is 0. The van der Waals surface area contributed by atoms with Crippen LogP contribution in [0.3, 0.4) is 0 Å². The van der Waals surface area contributed by atoms with E-state index < -0.39 is 17.6 Å². The third-order valence-corrected chi connectivity index (χ3v) is 4.87. The van der Waals surface area contributed by atoms with Crippen LogP contribution in [0.4, 0.5) is 8.78 Å². The number of benzene rings is 1. The van der Waals surface area contributed by atoms with Gasteiger partial charge in [0.25, 0.3) is 0 Å². The Morgan fingerprint density at radius 3 is 2.74 bits per heavy atom. The van der Waals surface area contributed by atoms with Crippen molar-refractivity contribution in [3.63, 3.8) is 0 Å². The van der Waals surface area contributed by atoms with Crippen molar-refractivity contribution in [1.29, 1.82) is 0 Å². The molecule has 1 amide bonds. The van der Waals surface area contributed by atoms with Crippen molar-refractivity contribution >= 4 is 23.6 Å². The van der Waals surface area contributed by atoms with Gasteiger partial charge < -0.3 is 10.0 Å². The van der Waals surface area contributed by atoms with Crippen LogP contribution < -0.4 is 0 Å². The van der Waals surface area contributed by atoms with Crippen LogP contribution in [0.2, 0.25) is 0 Å². The number of halogens is 2. The summed E-state index contributed by atoms with van der Waals surface area (Å²) in [5, 5.41) is 8.80. The highest BCUT2D eigenvalue weighted by Crippen LogP contribution is 2.25. The van der Waals surface area contributed by atoms with Gasteiger partial charge in [-0.15, -0.1) is 11.8 Å². The highest BCUT2D eigenvalue weighted by molar-refractivity contribution is 8.00. The van der Waals surface area contributed by atoms with E-state index in [-0.39, 0.29) is 24.1 Å². The maximum atomic E-state index is 13.2. The quantitative estimate of drug-likeness (QED) is 0.805. The first-order valence-electron chi connectivity index (χ1n) is 7.56. The number of rotatable bonds is 6. The van der Waals surface area contributed by atoms with E-state index in [1.165, 1.54) is 6.07 Å².